The Morgan fingerprint density at radius 3 is 2.10 bits per heavy atom. The summed E-state index contributed by atoms with van der Waals surface area (Å²) in [5.41, 5.74) is 11.6. The minimum Gasteiger partial charge on any atom is -0.481 e. The first-order valence-electron chi connectivity index (χ1n) is 9.39. The van der Waals surface area contributed by atoms with E-state index < -0.39 is 47.7 Å². The van der Waals surface area contributed by atoms with Gasteiger partial charge in [-0.1, -0.05) is 12.1 Å². The lowest BCUT2D eigenvalue weighted by molar-refractivity contribution is -0.142. The summed E-state index contributed by atoms with van der Waals surface area (Å²) in [6, 6.07) is 1.65. The molecule has 0 radical (unpaired) electrons. The Hall–Kier alpha value is -3.05. The van der Waals surface area contributed by atoms with E-state index in [-0.39, 0.29) is 32.2 Å². The fraction of sp³-hybridized carbons (Fsp3) is 0.474. The zero-order valence-electron chi connectivity index (χ0n) is 16.3. The molecule has 0 aliphatic rings. The molecule has 3 atom stereocenters. The molecule has 8 N–H and O–H groups in total. The van der Waals surface area contributed by atoms with Crippen LogP contribution in [0.5, 0.6) is 0 Å². The molecule has 0 spiro atoms. The Kier molecular flexibility index (Phi) is 10.4. The van der Waals surface area contributed by atoms with Crippen LogP contribution in [0.4, 0.5) is 4.39 Å². The van der Waals surface area contributed by atoms with Crippen LogP contribution in [0.1, 0.15) is 31.2 Å². The molecular weight excluding hydrogens is 399 g/mol. The standard InChI is InChI=1S/C19H27FN4O6/c20-12-5-3-11(4-6-12)10-15(19(29)30)24-18(28)14(2-1-9-21)23-17(27)13(22)7-8-16(25)26/h3-6,13-15H,1-2,7-10,21-22H2,(H,23,27)(H,24,28)(H,25,26)(H,29,30)/t13-,14-,15+/m0/s1. The first-order chi connectivity index (χ1) is 14.1. The molecule has 0 bridgehead atoms. The topological polar surface area (TPSA) is 185 Å². The summed E-state index contributed by atoms with van der Waals surface area (Å²) in [6.07, 6.45) is -0.000202. The highest BCUT2D eigenvalue weighted by Crippen LogP contribution is 2.08. The van der Waals surface area contributed by atoms with Crippen molar-refractivity contribution >= 4 is 23.8 Å². The van der Waals surface area contributed by atoms with Crippen LogP contribution in [0.2, 0.25) is 0 Å². The van der Waals surface area contributed by atoms with Crippen molar-refractivity contribution in [2.75, 3.05) is 6.54 Å². The third kappa shape index (κ3) is 8.97. The maximum atomic E-state index is 13.0. The SMILES string of the molecule is NCCC[C@H](NC(=O)[C@@H](N)CCC(=O)O)C(=O)N[C@H](Cc1ccc(F)cc1)C(=O)O. The smallest absolute Gasteiger partial charge is 0.326 e. The van der Waals surface area contributed by atoms with Crippen molar-refractivity contribution in [3.8, 4) is 0 Å². The Labute approximate surface area is 172 Å². The number of nitrogens with one attached hydrogen (secondary N) is 2. The van der Waals surface area contributed by atoms with Gasteiger partial charge in [-0.2, -0.15) is 0 Å². The van der Waals surface area contributed by atoms with Crippen molar-refractivity contribution in [2.24, 2.45) is 11.5 Å². The normalized spacial score (nSPS) is 13.7. The largest absolute Gasteiger partial charge is 0.481 e. The number of carbonyl (C=O) groups excluding carboxylic acids is 2. The number of aliphatic carboxylic acids is 2. The fourth-order valence-electron chi connectivity index (χ4n) is 2.61. The molecule has 1 rings (SSSR count). The van der Waals surface area contributed by atoms with Crippen LogP contribution in [-0.2, 0) is 25.6 Å². The lowest BCUT2D eigenvalue weighted by Crippen LogP contribution is -2.55. The van der Waals surface area contributed by atoms with Gasteiger partial charge < -0.3 is 32.3 Å². The second-order valence-corrected chi connectivity index (χ2v) is 6.76. The van der Waals surface area contributed by atoms with Crippen LogP contribution >= 0.6 is 0 Å². The highest BCUT2D eigenvalue weighted by molar-refractivity contribution is 5.91. The molecule has 0 saturated heterocycles. The predicted molar refractivity (Wildman–Crippen MR) is 105 cm³/mol. The molecule has 0 aliphatic carbocycles. The molecule has 0 saturated carbocycles. The molecule has 0 aliphatic heterocycles. The molecule has 0 fully saturated rings. The van der Waals surface area contributed by atoms with E-state index in [1.807, 2.05) is 0 Å². The summed E-state index contributed by atoms with van der Waals surface area (Å²) < 4.78 is 13.0. The van der Waals surface area contributed by atoms with E-state index in [2.05, 4.69) is 10.6 Å². The molecule has 0 aromatic heterocycles. The third-order valence-electron chi connectivity index (χ3n) is 4.30. The number of rotatable bonds is 13. The van der Waals surface area contributed by atoms with Crippen LogP contribution in [0.15, 0.2) is 24.3 Å². The van der Waals surface area contributed by atoms with Gasteiger partial charge in [0.05, 0.1) is 6.04 Å². The molecule has 0 heterocycles. The van der Waals surface area contributed by atoms with Crippen LogP contribution in [0.25, 0.3) is 0 Å². The summed E-state index contributed by atoms with van der Waals surface area (Å²) in [5.74, 6) is -4.34. The van der Waals surface area contributed by atoms with E-state index in [4.69, 9.17) is 16.6 Å². The van der Waals surface area contributed by atoms with Gasteiger partial charge in [-0.05, 0) is 43.5 Å². The number of carbonyl (C=O) groups is 4. The van der Waals surface area contributed by atoms with Crippen molar-refractivity contribution < 1.29 is 33.8 Å². The van der Waals surface area contributed by atoms with Crippen LogP contribution in [-0.4, -0.2) is 58.6 Å². The summed E-state index contributed by atoms with van der Waals surface area (Å²) in [5, 5.41) is 22.9. The van der Waals surface area contributed by atoms with Gasteiger partial charge in [0.25, 0.3) is 0 Å². The van der Waals surface area contributed by atoms with Crippen LogP contribution in [0, 0.1) is 5.82 Å². The van der Waals surface area contributed by atoms with Gasteiger partial charge in [0.2, 0.25) is 11.8 Å². The van der Waals surface area contributed by atoms with E-state index in [0.29, 0.717) is 12.0 Å². The maximum Gasteiger partial charge on any atom is 0.326 e. The van der Waals surface area contributed by atoms with Gasteiger partial charge in [-0.3, -0.25) is 14.4 Å². The van der Waals surface area contributed by atoms with Crippen LogP contribution < -0.4 is 22.1 Å². The summed E-state index contributed by atoms with van der Waals surface area (Å²) in [4.78, 5) is 47.0. The highest BCUT2D eigenvalue weighted by Gasteiger charge is 2.28. The summed E-state index contributed by atoms with van der Waals surface area (Å²) in [7, 11) is 0. The number of carboxylic acid groups (broad SMARTS) is 2. The van der Waals surface area contributed by atoms with Gasteiger partial charge in [-0.15, -0.1) is 0 Å². The number of amides is 2. The van der Waals surface area contributed by atoms with Crippen molar-refractivity contribution in [3.63, 3.8) is 0 Å². The van der Waals surface area contributed by atoms with Gasteiger partial charge in [0.15, 0.2) is 0 Å². The zero-order chi connectivity index (χ0) is 22.7. The average molecular weight is 426 g/mol. The predicted octanol–water partition coefficient (Wildman–Crippen LogP) is -0.647. The van der Waals surface area contributed by atoms with Crippen molar-refractivity contribution in [2.45, 2.75) is 50.2 Å². The first-order valence-corrected chi connectivity index (χ1v) is 9.39. The maximum absolute atomic E-state index is 13.0. The molecule has 11 heteroatoms. The van der Waals surface area contributed by atoms with Gasteiger partial charge in [0.1, 0.15) is 17.9 Å². The minimum atomic E-state index is -1.30. The van der Waals surface area contributed by atoms with Crippen molar-refractivity contribution in [1.29, 1.82) is 0 Å². The Balaban J connectivity index is 2.80. The molecule has 0 unspecified atom stereocenters. The van der Waals surface area contributed by atoms with E-state index in [0.717, 1.165) is 0 Å². The third-order valence-corrected chi connectivity index (χ3v) is 4.30. The minimum absolute atomic E-state index is 0.0863. The molecule has 30 heavy (non-hydrogen) atoms. The quantitative estimate of drug-likeness (QED) is 0.240. The Morgan fingerprint density at radius 1 is 0.967 bits per heavy atom. The zero-order valence-corrected chi connectivity index (χ0v) is 16.3. The second-order valence-electron chi connectivity index (χ2n) is 6.76. The van der Waals surface area contributed by atoms with Crippen molar-refractivity contribution in [1.82, 2.24) is 10.6 Å². The fourth-order valence-corrected chi connectivity index (χ4v) is 2.61. The number of hydrogen-bond acceptors (Lipinski definition) is 6. The second kappa shape index (κ2) is 12.5. The number of halogens is 1. The van der Waals surface area contributed by atoms with E-state index in [9.17, 15) is 28.7 Å². The first kappa shape index (κ1) is 25.0. The van der Waals surface area contributed by atoms with E-state index in [1.54, 1.807) is 0 Å². The van der Waals surface area contributed by atoms with Crippen molar-refractivity contribution in [3.05, 3.63) is 35.6 Å². The lowest BCUT2D eigenvalue weighted by Gasteiger charge is -2.23. The molecule has 2 amide bonds. The number of benzene rings is 1. The van der Waals surface area contributed by atoms with E-state index >= 15 is 0 Å². The number of hydrogen-bond donors (Lipinski definition) is 6. The highest BCUT2D eigenvalue weighted by atomic mass is 19.1. The molecule has 10 nitrogen and oxygen atoms in total. The molecular formula is C19H27FN4O6. The number of nitrogens with two attached hydrogens (primary N) is 2. The molecule has 166 valence electrons. The monoisotopic (exact) mass is 426 g/mol. The molecule has 1 aromatic carbocycles. The summed E-state index contributed by atoms with van der Waals surface area (Å²) in [6.45, 7) is 0.239. The van der Waals surface area contributed by atoms with Crippen LogP contribution in [0.3, 0.4) is 0 Å². The lowest BCUT2D eigenvalue weighted by atomic mass is 10.0. The van der Waals surface area contributed by atoms with Gasteiger partial charge >= 0.3 is 11.9 Å². The Morgan fingerprint density at radius 2 is 1.57 bits per heavy atom. The van der Waals surface area contributed by atoms with Gasteiger partial charge in [-0.25, -0.2) is 9.18 Å². The average Bonchev–Trinajstić information content (AvgIpc) is 2.69. The summed E-state index contributed by atoms with van der Waals surface area (Å²) >= 11 is 0. The number of carboxylic acids is 2. The van der Waals surface area contributed by atoms with Gasteiger partial charge in [0, 0.05) is 12.8 Å². The Bertz CT molecular complexity index is 743. The molecule has 1 aromatic rings. The van der Waals surface area contributed by atoms with E-state index in [1.165, 1.54) is 24.3 Å².